The number of hydrogen-bond acceptors (Lipinski definition) is 0. The Morgan fingerprint density at radius 3 is 1.77 bits per heavy atom. The van der Waals surface area contributed by atoms with Gasteiger partial charge in [-0.15, -0.1) is 0 Å². The van der Waals surface area contributed by atoms with Crippen molar-refractivity contribution in [2.75, 3.05) is 0 Å². The molecule has 2 aromatic rings. The molecule has 2 aromatic heterocycles. The van der Waals surface area contributed by atoms with E-state index in [1.807, 2.05) is 48.6 Å². The highest BCUT2D eigenvalue weighted by molar-refractivity contribution is 5.87. The van der Waals surface area contributed by atoms with Gasteiger partial charge in [0, 0.05) is 46.5 Å². The molecule has 0 N–H and O–H groups in total. The Morgan fingerprint density at radius 2 is 1.29 bits per heavy atom. The smallest absolute Gasteiger partial charge is 0.0531 e. The van der Waals surface area contributed by atoms with Crippen LogP contribution in [0.1, 0.15) is 45.0 Å². The van der Waals surface area contributed by atoms with Gasteiger partial charge in [0.2, 0.25) is 0 Å². The van der Waals surface area contributed by atoms with Crippen LogP contribution in [0.15, 0.2) is 69.9 Å². The lowest BCUT2D eigenvalue weighted by atomic mass is 10.1. The van der Waals surface area contributed by atoms with Crippen molar-refractivity contribution in [3.05, 3.63) is 115 Å². The molecule has 0 saturated carbocycles. The van der Waals surface area contributed by atoms with E-state index in [1.165, 1.54) is 0 Å². The van der Waals surface area contributed by atoms with Crippen LogP contribution in [0.3, 0.4) is 0 Å². The van der Waals surface area contributed by atoms with E-state index in [1.54, 1.807) is 12.2 Å². The highest BCUT2D eigenvalue weighted by Gasteiger charge is 2.18. The van der Waals surface area contributed by atoms with Gasteiger partial charge >= 0.3 is 0 Å². The quantitative estimate of drug-likeness (QED) is 0.353. The average Bonchev–Trinajstić information content (AvgIpc) is 3.18. The van der Waals surface area contributed by atoms with Crippen molar-refractivity contribution < 1.29 is 0 Å². The van der Waals surface area contributed by atoms with E-state index in [4.69, 9.17) is 0 Å². The molecule has 0 radical (unpaired) electrons. The molecule has 0 fully saturated rings. The zero-order chi connectivity index (χ0) is 23.1. The SMILES string of the molecule is C=C/C=C\c1c(C=C)c(/C=C(\C=C)n2c(C=C)c(C=C)c(C)c2/C=C\C=C)c(C)n1C. The fourth-order valence-corrected chi connectivity index (χ4v) is 3.84. The third-order valence-electron chi connectivity index (χ3n) is 5.51. The molecule has 2 heterocycles. The molecule has 0 saturated heterocycles. The van der Waals surface area contributed by atoms with Crippen LogP contribution in [0.25, 0.3) is 42.2 Å². The van der Waals surface area contributed by atoms with Gasteiger partial charge in [-0.2, -0.15) is 0 Å². The van der Waals surface area contributed by atoms with Crippen LogP contribution >= 0.6 is 0 Å². The second-order valence-corrected chi connectivity index (χ2v) is 7.08. The van der Waals surface area contributed by atoms with Crippen molar-refractivity contribution in [1.82, 2.24) is 9.13 Å². The maximum absolute atomic E-state index is 4.11. The zero-order valence-corrected chi connectivity index (χ0v) is 19.0. The van der Waals surface area contributed by atoms with Crippen molar-refractivity contribution in [2.45, 2.75) is 13.8 Å². The lowest BCUT2D eigenvalue weighted by Gasteiger charge is -2.12. The first-order valence-electron chi connectivity index (χ1n) is 10.2. The van der Waals surface area contributed by atoms with Gasteiger partial charge in [0.05, 0.1) is 5.69 Å². The summed E-state index contributed by atoms with van der Waals surface area (Å²) in [5, 5.41) is 0. The van der Waals surface area contributed by atoms with Crippen LogP contribution in [0.4, 0.5) is 0 Å². The summed E-state index contributed by atoms with van der Waals surface area (Å²) in [5.74, 6) is 0. The summed E-state index contributed by atoms with van der Waals surface area (Å²) in [7, 11) is 2.05. The van der Waals surface area contributed by atoms with Crippen LogP contribution in [0.5, 0.6) is 0 Å². The second-order valence-electron chi connectivity index (χ2n) is 7.08. The van der Waals surface area contributed by atoms with E-state index < -0.39 is 0 Å². The lowest BCUT2D eigenvalue weighted by Crippen LogP contribution is -2.01. The predicted molar refractivity (Wildman–Crippen MR) is 142 cm³/mol. The molecule has 2 rings (SSSR count). The number of rotatable bonds is 10. The minimum Gasteiger partial charge on any atom is -0.347 e. The molecule has 2 nitrogen and oxygen atoms in total. The lowest BCUT2D eigenvalue weighted by molar-refractivity contribution is 0.869. The molecule has 0 aromatic carbocycles. The highest BCUT2D eigenvalue weighted by Crippen LogP contribution is 2.33. The van der Waals surface area contributed by atoms with Gasteiger partial charge in [-0.1, -0.05) is 75.9 Å². The molecule has 2 heteroatoms. The fourth-order valence-electron chi connectivity index (χ4n) is 3.84. The molecule has 0 aliphatic rings. The van der Waals surface area contributed by atoms with E-state index >= 15 is 0 Å². The molecular weight excluding hydrogens is 376 g/mol. The first-order valence-corrected chi connectivity index (χ1v) is 10.2. The Labute approximate surface area is 187 Å². The summed E-state index contributed by atoms with van der Waals surface area (Å²) in [6, 6.07) is 0. The number of nitrogens with zero attached hydrogens (tertiary/aromatic N) is 2. The van der Waals surface area contributed by atoms with Gasteiger partial charge in [-0.05, 0) is 49.8 Å². The van der Waals surface area contributed by atoms with Crippen LogP contribution in [0, 0.1) is 13.8 Å². The van der Waals surface area contributed by atoms with Gasteiger partial charge in [-0.25, -0.2) is 0 Å². The van der Waals surface area contributed by atoms with E-state index in [0.717, 1.165) is 50.7 Å². The summed E-state index contributed by atoms with van der Waals surface area (Å²) in [5.41, 5.74) is 9.49. The molecular formula is C29H32N2. The van der Waals surface area contributed by atoms with Gasteiger partial charge < -0.3 is 9.13 Å². The number of hydrogen-bond donors (Lipinski definition) is 0. The van der Waals surface area contributed by atoms with Gasteiger partial charge in [0.15, 0.2) is 0 Å². The Balaban J connectivity index is 2.93. The molecule has 158 valence electrons. The summed E-state index contributed by atoms with van der Waals surface area (Å²) >= 11 is 0. The van der Waals surface area contributed by atoms with Crippen LogP contribution < -0.4 is 0 Å². The van der Waals surface area contributed by atoms with Crippen molar-refractivity contribution in [1.29, 1.82) is 0 Å². The maximum Gasteiger partial charge on any atom is 0.0531 e. The van der Waals surface area contributed by atoms with Crippen molar-refractivity contribution in [3.63, 3.8) is 0 Å². The molecule has 0 atom stereocenters. The first-order chi connectivity index (χ1) is 14.9. The third kappa shape index (κ3) is 4.24. The summed E-state index contributed by atoms with van der Waals surface area (Å²) in [6.07, 6.45) is 21.1. The van der Waals surface area contributed by atoms with Crippen molar-refractivity contribution in [3.8, 4) is 0 Å². The molecule has 0 bridgehead atoms. The predicted octanol–water partition coefficient (Wildman–Crippen LogP) is 7.95. The third-order valence-corrected chi connectivity index (χ3v) is 5.51. The Morgan fingerprint density at radius 1 is 0.710 bits per heavy atom. The highest BCUT2D eigenvalue weighted by atomic mass is 15.0. The second kappa shape index (κ2) is 10.3. The van der Waals surface area contributed by atoms with Crippen molar-refractivity contribution >= 4 is 42.2 Å². The summed E-state index contributed by atoms with van der Waals surface area (Å²) in [6.45, 7) is 28.0. The zero-order valence-electron chi connectivity index (χ0n) is 19.0. The number of allylic oxidation sites excluding steroid dienone is 6. The van der Waals surface area contributed by atoms with Gasteiger partial charge in [-0.3, -0.25) is 0 Å². The molecule has 31 heavy (non-hydrogen) atoms. The molecule has 0 aliphatic heterocycles. The van der Waals surface area contributed by atoms with E-state index in [0.29, 0.717) is 0 Å². The van der Waals surface area contributed by atoms with Crippen LogP contribution in [-0.2, 0) is 7.05 Å². The average molecular weight is 409 g/mol. The summed E-state index contributed by atoms with van der Waals surface area (Å²) in [4.78, 5) is 0. The number of aromatic nitrogens is 2. The minimum absolute atomic E-state index is 0.936. The maximum atomic E-state index is 4.11. The normalized spacial score (nSPS) is 11.8. The van der Waals surface area contributed by atoms with E-state index in [-0.39, 0.29) is 0 Å². The fraction of sp³-hybridized carbons (Fsp3) is 0.103. The largest absolute Gasteiger partial charge is 0.347 e. The minimum atomic E-state index is 0.936. The van der Waals surface area contributed by atoms with Gasteiger partial charge in [0.1, 0.15) is 0 Å². The van der Waals surface area contributed by atoms with Crippen molar-refractivity contribution in [2.24, 2.45) is 7.05 Å². The molecule has 0 unspecified atom stereocenters. The first kappa shape index (κ1) is 23.5. The molecule has 0 aliphatic carbocycles. The van der Waals surface area contributed by atoms with Gasteiger partial charge in [0.25, 0.3) is 0 Å². The van der Waals surface area contributed by atoms with E-state index in [2.05, 4.69) is 75.6 Å². The Kier molecular flexibility index (Phi) is 7.81. The standard InChI is InChI=1S/C29H32N2/c1-10-16-18-28-21(7)24(13-4)27(15-6)31(28)23(12-3)20-26-22(8)30(9)29(19-17-11-2)25(26)14-5/h10-20H,1-6H2,7-9H3/b18-16-,19-17-,23-20+. The summed E-state index contributed by atoms with van der Waals surface area (Å²) < 4.78 is 4.32. The monoisotopic (exact) mass is 408 g/mol. The molecule has 0 amide bonds. The van der Waals surface area contributed by atoms with E-state index in [9.17, 15) is 0 Å². The Hall–Kier alpha value is -3.78. The topological polar surface area (TPSA) is 9.86 Å². The molecule has 0 spiro atoms. The Bertz CT molecular complexity index is 1150. The van der Waals surface area contributed by atoms with Crippen LogP contribution in [-0.4, -0.2) is 9.13 Å². The van der Waals surface area contributed by atoms with Crippen LogP contribution in [0.2, 0.25) is 0 Å².